The molecule has 1 saturated carbocycles. The average Bonchev–Trinajstić information content (AvgIpc) is 3.27. The number of hydrogen-bond donors (Lipinski definition) is 1. The Morgan fingerprint density at radius 2 is 2.20 bits per heavy atom. The molecule has 2 unspecified atom stereocenters. The molecule has 20 heavy (non-hydrogen) atoms. The van der Waals surface area contributed by atoms with Gasteiger partial charge in [0.2, 0.25) is 0 Å². The molecule has 0 amide bonds. The molecule has 0 aromatic carbocycles. The molecule has 1 aromatic heterocycles. The molecule has 3 heteroatoms. The minimum Gasteiger partial charge on any atom is -0.311 e. The van der Waals surface area contributed by atoms with Gasteiger partial charge in [0.15, 0.2) is 0 Å². The maximum Gasteiger partial charge on any atom is 0.0544 e. The summed E-state index contributed by atoms with van der Waals surface area (Å²) < 4.78 is 0. The minimum absolute atomic E-state index is 0.308. The van der Waals surface area contributed by atoms with Crippen molar-refractivity contribution in [3.05, 3.63) is 30.1 Å². The number of aromatic nitrogens is 1. The molecular weight excluding hydrogens is 246 g/mol. The lowest BCUT2D eigenvalue weighted by molar-refractivity contribution is 0.0177. The molecule has 0 bridgehead atoms. The summed E-state index contributed by atoms with van der Waals surface area (Å²) in [5, 5.41) is 3.78. The molecular formula is C17H27N3. The van der Waals surface area contributed by atoms with E-state index in [1.165, 1.54) is 18.5 Å². The first-order chi connectivity index (χ1) is 9.59. The van der Waals surface area contributed by atoms with Crippen LogP contribution in [0.1, 0.15) is 39.3 Å². The molecule has 0 spiro atoms. The van der Waals surface area contributed by atoms with Gasteiger partial charge in [0.1, 0.15) is 0 Å². The molecule has 2 fully saturated rings. The van der Waals surface area contributed by atoms with Gasteiger partial charge in [0.05, 0.1) is 5.69 Å². The highest BCUT2D eigenvalue weighted by Gasteiger charge is 2.48. The van der Waals surface area contributed by atoms with Crippen molar-refractivity contribution >= 4 is 0 Å². The van der Waals surface area contributed by atoms with E-state index in [0.29, 0.717) is 17.5 Å². The zero-order valence-corrected chi connectivity index (χ0v) is 13.0. The van der Waals surface area contributed by atoms with Crippen LogP contribution in [0.15, 0.2) is 24.4 Å². The first-order valence-electron chi connectivity index (χ1n) is 7.98. The Morgan fingerprint density at radius 1 is 1.40 bits per heavy atom. The number of hydrogen-bond acceptors (Lipinski definition) is 3. The summed E-state index contributed by atoms with van der Waals surface area (Å²) in [5.41, 5.74) is 1.51. The van der Waals surface area contributed by atoms with Gasteiger partial charge in [-0.2, -0.15) is 0 Å². The highest BCUT2D eigenvalue weighted by molar-refractivity contribution is 5.09. The lowest BCUT2D eigenvalue weighted by atomic mass is 9.87. The fraction of sp³-hybridized carbons (Fsp3) is 0.706. The smallest absolute Gasteiger partial charge is 0.0544 e. The molecule has 1 saturated heterocycles. The van der Waals surface area contributed by atoms with Gasteiger partial charge in [-0.1, -0.05) is 19.9 Å². The summed E-state index contributed by atoms with van der Waals surface area (Å²) in [4.78, 5) is 7.21. The van der Waals surface area contributed by atoms with Crippen LogP contribution in [0.2, 0.25) is 0 Å². The summed E-state index contributed by atoms with van der Waals surface area (Å²) in [6.07, 6.45) is 4.69. The normalized spacial score (nSPS) is 31.7. The van der Waals surface area contributed by atoms with Crippen molar-refractivity contribution < 1.29 is 0 Å². The average molecular weight is 273 g/mol. The van der Waals surface area contributed by atoms with E-state index in [1.807, 2.05) is 12.3 Å². The Bertz CT molecular complexity index is 441. The largest absolute Gasteiger partial charge is 0.311 e. The van der Waals surface area contributed by atoms with Crippen molar-refractivity contribution in [2.75, 3.05) is 13.1 Å². The lowest BCUT2D eigenvalue weighted by Crippen LogP contribution is -2.65. The van der Waals surface area contributed by atoms with Crippen LogP contribution in [0.3, 0.4) is 0 Å². The van der Waals surface area contributed by atoms with E-state index in [4.69, 9.17) is 0 Å². The summed E-state index contributed by atoms with van der Waals surface area (Å²) in [6, 6.07) is 6.85. The van der Waals surface area contributed by atoms with Crippen LogP contribution in [-0.2, 0) is 6.54 Å². The van der Waals surface area contributed by atoms with Crippen LogP contribution in [0.4, 0.5) is 0 Å². The highest BCUT2D eigenvalue weighted by Crippen LogP contribution is 2.44. The van der Waals surface area contributed by atoms with Crippen molar-refractivity contribution in [3.8, 4) is 0 Å². The predicted octanol–water partition coefficient (Wildman–Crippen LogP) is 2.68. The van der Waals surface area contributed by atoms with Crippen molar-refractivity contribution in [3.63, 3.8) is 0 Å². The van der Waals surface area contributed by atoms with Gasteiger partial charge in [-0.15, -0.1) is 0 Å². The molecule has 2 heterocycles. The van der Waals surface area contributed by atoms with Crippen molar-refractivity contribution in [1.82, 2.24) is 15.2 Å². The first kappa shape index (κ1) is 14.0. The van der Waals surface area contributed by atoms with E-state index >= 15 is 0 Å². The van der Waals surface area contributed by atoms with Crippen LogP contribution >= 0.6 is 0 Å². The van der Waals surface area contributed by atoms with Gasteiger partial charge in [-0.05, 0) is 43.7 Å². The summed E-state index contributed by atoms with van der Waals surface area (Å²) in [6.45, 7) is 10.3. The molecule has 1 aliphatic heterocycles. The van der Waals surface area contributed by atoms with Crippen molar-refractivity contribution in [2.45, 2.75) is 51.7 Å². The zero-order chi connectivity index (χ0) is 14.2. The maximum absolute atomic E-state index is 4.53. The van der Waals surface area contributed by atoms with E-state index in [-0.39, 0.29) is 0 Å². The van der Waals surface area contributed by atoms with E-state index in [0.717, 1.165) is 25.6 Å². The minimum atomic E-state index is 0.308. The number of piperazine rings is 1. The monoisotopic (exact) mass is 273 g/mol. The maximum atomic E-state index is 4.53. The molecule has 1 aromatic rings. The standard InChI is InChI=1S/C17H27N3/c1-13(2)16-11-20(10-15-6-4-5-9-18-15)17(3,12-19-16)14-7-8-14/h4-6,9,13-14,16,19H,7-8,10-12H2,1-3H3. The molecule has 3 nitrogen and oxygen atoms in total. The summed E-state index contributed by atoms with van der Waals surface area (Å²) in [5.74, 6) is 1.55. The third-order valence-electron chi connectivity index (χ3n) is 5.20. The predicted molar refractivity (Wildman–Crippen MR) is 82.4 cm³/mol. The molecule has 1 aliphatic carbocycles. The Labute approximate surface area is 122 Å². The molecule has 110 valence electrons. The van der Waals surface area contributed by atoms with Crippen LogP contribution in [0, 0.1) is 11.8 Å². The highest BCUT2D eigenvalue weighted by atomic mass is 15.3. The van der Waals surface area contributed by atoms with Crippen LogP contribution < -0.4 is 5.32 Å². The van der Waals surface area contributed by atoms with E-state index < -0.39 is 0 Å². The lowest BCUT2D eigenvalue weighted by Gasteiger charge is -2.49. The fourth-order valence-electron chi connectivity index (χ4n) is 3.45. The second kappa shape index (κ2) is 5.45. The second-order valence-corrected chi connectivity index (χ2v) is 7.06. The number of nitrogens with zero attached hydrogens (tertiary/aromatic N) is 2. The Morgan fingerprint density at radius 3 is 2.80 bits per heavy atom. The van der Waals surface area contributed by atoms with E-state index in [9.17, 15) is 0 Å². The van der Waals surface area contributed by atoms with E-state index in [1.54, 1.807) is 0 Å². The van der Waals surface area contributed by atoms with Crippen molar-refractivity contribution in [1.29, 1.82) is 0 Å². The molecule has 2 aliphatic rings. The summed E-state index contributed by atoms with van der Waals surface area (Å²) >= 11 is 0. The number of pyridine rings is 1. The number of rotatable bonds is 4. The van der Waals surface area contributed by atoms with Crippen LogP contribution in [0.25, 0.3) is 0 Å². The van der Waals surface area contributed by atoms with Crippen molar-refractivity contribution in [2.24, 2.45) is 11.8 Å². The molecule has 1 N–H and O–H groups in total. The topological polar surface area (TPSA) is 28.2 Å². The number of nitrogens with one attached hydrogen (secondary N) is 1. The quantitative estimate of drug-likeness (QED) is 0.914. The van der Waals surface area contributed by atoms with Gasteiger partial charge >= 0.3 is 0 Å². The third-order valence-corrected chi connectivity index (χ3v) is 5.20. The van der Waals surface area contributed by atoms with Gasteiger partial charge in [0, 0.05) is 37.4 Å². The van der Waals surface area contributed by atoms with E-state index in [2.05, 4.69) is 48.1 Å². The van der Waals surface area contributed by atoms with Gasteiger partial charge in [-0.3, -0.25) is 9.88 Å². The Balaban J connectivity index is 1.78. The molecule has 3 rings (SSSR count). The first-order valence-corrected chi connectivity index (χ1v) is 7.98. The Hall–Kier alpha value is -0.930. The fourth-order valence-corrected chi connectivity index (χ4v) is 3.45. The van der Waals surface area contributed by atoms with Gasteiger partial charge < -0.3 is 5.32 Å². The molecule has 0 radical (unpaired) electrons. The SMILES string of the molecule is CC(C)C1CN(Cc2ccccn2)C(C)(C2CC2)CN1. The second-order valence-electron chi connectivity index (χ2n) is 7.06. The van der Waals surface area contributed by atoms with Gasteiger partial charge in [0.25, 0.3) is 0 Å². The zero-order valence-electron chi connectivity index (χ0n) is 13.0. The van der Waals surface area contributed by atoms with Gasteiger partial charge in [-0.25, -0.2) is 0 Å². The summed E-state index contributed by atoms with van der Waals surface area (Å²) in [7, 11) is 0. The van der Waals surface area contributed by atoms with Crippen LogP contribution in [-0.4, -0.2) is 34.6 Å². The molecule has 2 atom stereocenters. The Kier molecular flexibility index (Phi) is 3.83. The third kappa shape index (κ3) is 2.75. The van der Waals surface area contributed by atoms with Crippen LogP contribution in [0.5, 0.6) is 0 Å².